The Morgan fingerprint density at radius 2 is 1.92 bits per heavy atom. The zero-order chi connectivity index (χ0) is 25.5. The number of methoxy groups -OCH3 is 1. The van der Waals surface area contributed by atoms with Crippen LogP contribution in [0.3, 0.4) is 0 Å². The lowest BCUT2D eigenvalue weighted by atomic mass is 10.1. The Balaban J connectivity index is 1.62. The number of ether oxygens (including phenoxy) is 2. The third kappa shape index (κ3) is 6.23. The Bertz CT molecular complexity index is 1250. The molecule has 1 unspecified atom stereocenters. The van der Waals surface area contributed by atoms with Crippen LogP contribution in [-0.2, 0) is 11.3 Å². The summed E-state index contributed by atoms with van der Waals surface area (Å²) in [6.45, 7) is 8.30. The van der Waals surface area contributed by atoms with Crippen molar-refractivity contribution in [1.29, 1.82) is 0 Å². The number of fused-ring (bicyclic) bond motifs is 1. The summed E-state index contributed by atoms with van der Waals surface area (Å²) in [5.41, 5.74) is 0.971. The second-order valence-electron chi connectivity index (χ2n) is 9.47. The fourth-order valence-corrected chi connectivity index (χ4v) is 4.69. The van der Waals surface area contributed by atoms with E-state index in [4.69, 9.17) is 14.5 Å². The van der Waals surface area contributed by atoms with Crippen molar-refractivity contribution in [2.75, 3.05) is 39.9 Å². The van der Waals surface area contributed by atoms with Gasteiger partial charge in [0, 0.05) is 24.6 Å². The summed E-state index contributed by atoms with van der Waals surface area (Å²) < 4.78 is 12.8. The molecule has 8 nitrogen and oxygen atoms in total. The SMILES string of the molecule is CCNC(=O)Cn1c(-c2cccc(OC)c2)nc2ccc(OCC(C)CN3CCCCC3)cc2c1=O. The maximum atomic E-state index is 13.6. The van der Waals surface area contributed by atoms with Crippen LogP contribution in [0.25, 0.3) is 22.3 Å². The number of piperidine rings is 1. The van der Waals surface area contributed by atoms with E-state index in [1.165, 1.54) is 23.8 Å². The van der Waals surface area contributed by atoms with E-state index in [2.05, 4.69) is 17.1 Å². The van der Waals surface area contributed by atoms with E-state index in [-0.39, 0.29) is 18.0 Å². The number of hydrogen-bond acceptors (Lipinski definition) is 6. The average Bonchev–Trinajstić information content (AvgIpc) is 2.90. The van der Waals surface area contributed by atoms with Gasteiger partial charge in [-0.05, 0) is 63.2 Å². The molecule has 8 heteroatoms. The summed E-state index contributed by atoms with van der Waals surface area (Å²) in [5.74, 6) is 1.83. The molecule has 0 spiro atoms. The van der Waals surface area contributed by atoms with Crippen LogP contribution in [-0.4, -0.2) is 60.3 Å². The van der Waals surface area contributed by atoms with E-state index >= 15 is 0 Å². The quantitative estimate of drug-likeness (QED) is 0.464. The van der Waals surface area contributed by atoms with Crippen LogP contribution >= 0.6 is 0 Å². The van der Waals surface area contributed by atoms with Gasteiger partial charge in [0.05, 0.1) is 24.6 Å². The second kappa shape index (κ2) is 12.0. The molecular weight excluding hydrogens is 456 g/mol. The number of carbonyl (C=O) groups is 1. The van der Waals surface area contributed by atoms with E-state index in [1.807, 2.05) is 43.3 Å². The van der Waals surface area contributed by atoms with Crippen LogP contribution in [0, 0.1) is 5.92 Å². The molecule has 0 bridgehead atoms. The summed E-state index contributed by atoms with van der Waals surface area (Å²) in [5, 5.41) is 3.19. The lowest BCUT2D eigenvalue weighted by Crippen LogP contribution is -2.35. The summed E-state index contributed by atoms with van der Waals surface area (Å²) in [6, 6.07) is 12.7. The van der Waals surface area contributed by atoms with Gasteiger partial charge in [-0.15, -0.1) is 0 Å². The van der Waals surface area contributed by atoms with Gasteiger partial charge >= 0.3 is 0 Å². The first kappa shape index (κ1) is 25.7. The fourth-order valence-electron chi connectivity index (χ4n) is 4.69. The minimum Gasteiger partial charge on any atom is -0.497 e. The van der Waals surface area contributed by atoms with Crippen molar-refractivity contribution in [1.82, 2.24) is 19.8 Å². The molecule has 1 aromatic heterocycles. The van der Waals surface area contributed by atoms with Crippen LogP contribution in [0.2, 0.25) is 0 Å². The number of aromatic nitrogens is 2. The fraction of sp³-hybridized carbons (Fsp3) is 0.464. The second-order valence-corrected chi connectivity index (χ2v) is 9.47. The Hall–Kier alpha value is -3.39. The monoisotopic (exact) mass is 492 g/mol. The van der Waals surface area contributed by atoms with E-state index in [1.54, 1.807) is 13.2 Å². The first-order valence-electron chi connectivity index (χ1n) is 12.8. The molecule has 2 heterocycles. The van der Waals surface area contributed by atoms with Gasteiger partial charge < -0.3 is 19.7 Å². The predicted octanol–water partition coefficient (Wildman–Crippen LogP) is 3.71. The van der Waals surface area contributed by atoms with E-state index in [0.717, 1.165) is 19.6 Å². The highest BCUT2D eigenvalue weighted by atomic mass is 16.5. The van der Waals surface area contributed by atoms with Crippen LogP contribution in [0.15, 0.2) is 47.3 Å². The molecule has 0 saturated carbocycles. The van der Waals surface area contributed by atoms with E-state index < -0.39 is 0 Å². The third-order valence-corrected chi connectivity index (χ3v) is 6.48. The Kier molecular flexibility index (Phi) is 8.59. The molecule has 0 aliphatic carbocycles. The molecule has 1 aliphatic heterocycles. The number of benzene rings is 2. The topological polar surface area (TPSA) is 85.7 Å². The zero-order valence-electron chi connectivity index (χ0n) is 21.5. The van der Waals surface area contributed by atoms with Gasteiger partial charge in [-0.1, -0.05) is 25.5 Å². The number of nitrogens with zero attached hydrogens (tertiary/aromatic N) is 3. The lowest BCUT2D eigenvalue weighted by Gasteiger charge is -2.29. The van der Waals surface area contributed by atoms with Gasteiger partial charge in [-0.25, -0.2) is 4.98 Å². The number of rotatable bonds is 10. The molecule has 36 heavy (non-hydrogen) atoms. The normalized spacial score (nSPS) is 15.0. The number of likely N-dealkylation sites (tertiary alicyclic amines) is 1. The van der Waals surface area contributed by atoms with Crippen molar-refractivity contribution in [2.45, 2.75) is 39.7 Å². The zero-order valence-corrected chi connectivity index (χ0v) is 21.5. The molecule has 1 fully saturated rings. The summed E-state index contributed by atoms with van der Waals surface area (Å²) in [6.07, 6.45) is 3.86. The van der Waals surface area contributed by atoms with Gasteiger partial charge in [0.15, 0.2) is 0 Å². The minimum absolute atomic E-state index is 0.125. The first-order chi connectivity index (χ1) is 17.5. The van der Waals surface area contributed by atoms with Crippen LogP contribution in [0.1, 0.15) is 33.1 Å². The molecule has 4 rings (SSSR count). The van der Waals surface area contributed by atoms with Crippen LogP contribution < -0.4 is 20.3 Å². The van der Waals surface area contributed by atoms with Gasteiger partial charge in [0.25, 0.3) is 5.56 Å². The maximum absolute atomic E-state index is 13.6. The van der Waals surface area contributed by atoms with Crippen LogP contribution in [0.5, 0.6) is 11.5 Å². The maximum Gasteiger partial charge on any atom is 0.262 e. The van der Waals surface area contributed by atoms with Gasteiger partial charge in [-0.2, -0.15) is 0 Å². The number of nitrogens with one attached hydrogen (secondary N) is 1. The molecule has 0 radical (unpaired) electrons. The number of likely N-dealkylation sites (N-methyl/N-ethyl adjacent to an activating group) is 1. The first-order valence-corrected chi connectivity index (χ1v) is 12.8. The van der Waals surface area contributed by atoms with Crippen molar-refractivity contribution in [3.05, 3.63) is 52.8 Å². The molecule has 1 amide bonds. The Morgan fingerprint density at radius 3 is 2.67 bits per heavy atom. The average molecular weight is 493 g/mol. The highest BCUT2D eigenvalue weighted by Gasteiger charge is 2.18. The van der Waals surface area contributed by atoms with Crippen LogP contribution in [0.4, 0.5) is 0 Å². The minimum atomic E-state index is -0.282. The third-order valence-electron chi connectivity index (χ3n) is 6.48. The Labute approximate surface area is 212 Å². The van der Waals surface area contributed by atoms with Crippen molar-refractivity contribution in [2.24, 2.45) is 5.92 Å². The highest BCUT2D eigenvalue weighted by molar-refractivity contribution is 5.83. The van der Waals surface area contributed by atoms with E-state index in [0.29, 0.717) is 52.9 Å². The summed E-state index contributed by atoms with van der Waals surface area (Å²) in [4.78, 5) is 33.4. The molecule has 192 valence electrons. The largest absolute Gasteiger partial charge is 0.497 e. The van der Waals surface area contributed by atoms with Crippen molar-refractivity contribution < 1.29 is 14.3 Å². The Morgan fingerprint density at radius 1 is 1.11 bits per heavy atom. The molecule has 1 saturated heterocycles. The van der Waals surface area contributed by atoms with Gasteiger partial charge in [0.2, 0.25) is 5.91 Å². The van der Waals surface area contributed by atoms with Crippen molar-refractivity contribution in [3.63, 3.8) is 0 Å². The predicted molar refractivity (Wildman–Crippen MR) is 142 cm³/mol. The van der Waals surface area contributed by atoms with Gasteiger partial charge in [0.1, 0.15) is 23.9 Å². The number of amides is 1. The molecule has 1 N–H and O–H groups in total. The highest BCUT2D eigenvalue weighted by Crippen LogP contribution is 2.25. The molecule has 3 aromatic rings. The lowest BCUT2D eigenvalue weighted by molar-refractivity contribution is -0.121. The van der Waals surface area contributed by atoms with E-state index in [9.17, 15) is 9.59 Å². The molecule has 1 aliphatic rings. The van der Waals surface area contributed by atoms with Crippen molar-refractivity contribution >= 4 is 16.8 Å². The smallest absolute Gasteiger partial charge is 0.262 e. The standard InChI is InChI=1S/C28H36N4O4/c1-4-29-26(33)18-32-27(21-9-8-10-22(15-21)35-3)30-25-12-11-23(16-24(25)28(32)34)36-19-20(2)17-31-13-6-5-7-14-31/h8-12,15-16,20H,4-7,13-14,17-19H2,1-3H3,(H,29,33). The summed E-state index contributed by atoms with van der Waals surface area (Å²) >= 11 is 0. The molecule has 2 aromatic carbocycles. The van der Waals surface area contributed by atoms with Crippen molar-refractivity contribution in [3.8, 4) is 22.9 Å². The summed E-state index contributed by atoms with van der Waals surface area (Å²) in [7, 11) is 1.59. The number of hydrogen-bond donors (Lipinski definition) is 1. The van der Waals surface area contributed by atoms with Gasteiger partial charge in [-0.3, -0.25) is 14.2 Å². The number of carbonyl (C=O) groups excluding carboxylic acids is 1. The molecular formula is C28H36N4O4. The molecule has 1 atom stereocenters.